The van der Waals surface area contributed by atoms with Crippen LogP contribution in [0.5, 0.6) is 0 Å². The summed E-state index contributed by atoms with van der Waals surface area (Å²) in [7, 11) is 4.07. The summed E-state index contributed by atoms with van der Waals surface area (Å²) < 4.78 is 42.9. The van der Waals surface area contributed by atoms with Gasteiger partial charge in [0.15, 0.2) is 0 Å². The van der Waals surface area contributed by atoms with Gasteiger partial charge in [-0.2, -0.15) is 13.2 Å². The highest BCUT2D eigenvalue weighted by molar-refractivity contribution is 5.76. The van der Waals surface area contributed by atoms with Crippen molar-refractivity contribution < 1.29 is 22.7 Å². The fraction of sp³-hybridized carbons (Fsp3) is 0.938. The van der Waals surface area contributed by atoms with Crippen LogP contribution in [0, 0.1) is 5.41 Å². The Morgan fingerprint density at radius 2 is 1.88 bits per heavy atom. The van der Waals surface area contributed by atoms with Crippen molar-refractivity contribution in [2.75, 3.05) is 66.6 Å². The number of carbonyl (C=O) groups excluding carboxylic acids is 1. The first-order valence-electron chi connectivity index (χ1n) is 8.49. The van der Waals surface area contributed by atoms with Gasteiger partial charge in [0.25, 0.3) is 0 Å². The number of halogens is 3. The number of likely N-dealkylation sites (tertiary alicyclic amines) is 1. The molecule has 24 heavy (non-hydrogen) atoms. The Morgan fingerprint density at radius 3 is 2.46 bits per heavy atom. The monoisotopic (exact) mass is 351 g/mol. The molecule has 1 amide bonds. The normalized spacial score (nSPS) is 22.8. The molecule has 0 N–H and O–H groups in total. The van der Waals surface area contributed by atoms with Gasteiger partial charge in [-0.25, -0.2) is 0 Å². The molecule has 0 aromatic rings. The molecule has 0 bridgehead atoms. The number of piperidine rings is 1. The third-order valence-corrected chi connectivity index (χ3v) is 4.91. The number of nitrogens with zero attached hydrogens (tertiary/aromatic N) is 3. The van der Waals surface area contributed by atoms with Crippen LogP contribution < -0.4 is 0 Å². The van der Waals surface area contributed by atoms with Crippen LogP contribution in [-0.2, 0) is 9.53 Å². The second-order valence-corrected chi connectivity index (χ2v) is 7.30. The summed E-state index contributed by atoms with van der Waals surface area (Å²) in [6.07, 6.45) is -4.38. The van der Waals surface area contributed by atoms with Crippen molar-refractivity contribution in [1.29, 1.82) is 0 Å². The van der Waals surface area contributed by atoms with E-state index in [0.717, 1.165) is 26.2 Å². The smallest absolute Gasteiger partial charge is 0.379 e. The van der Waals surface area contributed by atoms with Crippen molar-refractivity contribution in [3.8, 4) is 0 Å². The van der Waals surface area contributed by atoms with Crippen LogP contribution in [0.2, 0.25) is 0 Å². The first kappa shape index (κ1) is 19.5. The lowest BCUT2D eigenvalue weighted by Gasteiger charge is -2.42. The van der Waals surface area contributed by atoms with E-state index in [0.29, 0.717) is 39.1 Å². The maximum Gasteiger partial charge on any atom is 0.397 e. The van der Waals surface area contributed by atoms with Gasteiger partial charge in [0.1, 0.15) is 6.42 Å². The second-order valence-electron chi connectivity index (χ2n) is 7.30. The van der Waals surface area contributed by atoms with Gasteiger partial charge in [-0.3, -0.25) is 9.69 Å². The molecule has 2 aliphatic rings. The van der Waals surface area contributed by atoms with E-state index in [1.807, 2.05) is 14.1 Å². The molecule has 2 rings (SSSR count). The molecule has 2 heterocycles. The molecule has 0 atom stereocenters. The van der Waals surface area contributed by atoms with E-state index in [2.05, 4.69) is 9.80 Å². The summed E-state index contributed by atoms with van der Waals surface area (Å²) in [5, 5.41) is 0. The van der Waals surface area contributed by atoms with Gasteiger partial charge in [0.05, 0.1) is 13.2 Å². The largest absolute Gasteiger partial charge is 0.397 e. The summed E-state index contributed by atoms with van der Waals surface area (Å²) in [4.78, 5) is 17.6. The first-order chi connectivity index (χ1) is 11.2. The molecule has 0 saturated carbocycles. The van der Waals surface area contributed by atoms with Crippen LogP contribution in [0.1, 0.15) is 19.3 Å². The minimum atomic E-state index is -4.43. The molecule has 8 heteroatoms. The molecule has 1 spiro atoms. The van der Waals surface area contributed by atoms with Gasteiger partial charge < -0.3 is 14.5 Å². The third-order valence-electron chi connectivity index (χ3n) is 4.91. The molecule has 2 aliphatic heterocycles. The zero-order valence-electron chi connectivity index (χ0n) is 14.6. The van der Waals surface area contributed by atoms with Crippen molar-refractivity contribution in [3.05, 3.63) is 0 Å². The standard InChI is InChI=1S/C16H28F3N3O2/c1-20(2)7-8-21-9-10-24-13-15(12-21)3-5-22(6-4-15)14(23)11-16(17,18)19/h3-13H2,1-2H3. The quantitative estimate of drug-likeness (QED) is 0.768. The van der Waals surface area contributed by atoms with Gasteiger partial charge in [0.2, 0.25) is 5.91 Å². The number of amides is 1. The number of hydrogen-bond acceptors (Lipinski definition) is 4. The Bertz CT molecular complexity index is 421. The van der Waals surface area contributed by atoms with Crippen molar-refractivity contribution in [2.24, 2.45) is 5.41 Å². The van der Waals surface area contributed by atoms with Gasteiger partial charge in [-0.15, -0.1) is 0 Å². The lowest BCUT2D eigenvalue weighted by Crippen LogP contribution is -2.50. The number of likely N-dealkylation sites (N-methyl/N-ethyl adjacent to an activating group) is 1. The van der Waals surface area contributed by atoms with E-state index in [1.54, 1.807) is 0 Å². The van der Waals surface area contributed by atoms with Crippen molar-refractivity contribution in [3.63, 3.8) is 0 Å². The molecule has 0 aromatic heterocycles. The third kappa shape index (κ3) is 5.89. The maximum absolute atomic E-state index is 12.4. The lowest BCUT2D eigenvalue weighted by molar-refractivity contribution is -0.163. The molecule has 0 radical (unpaired) electrons. The van der Waals surface area contributed by atoms with Crippen molar-refractivity contribution in [2.45, 2.75) is 25.4 Å². The molecule has 0 unspecified atom stereocenters. The van der Waals surface area contributed by atoms with Crippen molar-refractivity contribution in [1.82, 2.24) is 14.7 Å². The van der Waals surface area contributed by atoms with Crippen LogP contribution in [-0.4, -0.2) is 93.4 Å². The summed E-state index contributed by atoms with van der Waals surface area (Å²) in [6.45, 7) is 5.79. The summed E-state index contributed by atoms with van der Waals surface area (Å²) >= 11 is 0. The SMILES string of the molecule is CN(C)CCN1CCOCC2(CCN(C(=O)CC(F)(F)F)CC2)C1. The van der Waals surface area contributed by atoms with E-state index < -0.39 is 18.5 Å². The number of hydrogen-bond donors (Lipinski definition) is 0. The second kappa shape index (κ2) is 8.01. The highest BCUT2D eigenvalue weighted by Crippen LogP contribution is 2.35. The van der Waals surface area contributed by atoms with E-state index >= 15 is 0 Å². The Kier molecular flexibility index (Phi) is 6.50. The summed E-state index contributed by atoms with van der Waals surface area (Å²) in [5.41, 5.74) is -0.0438. The lowest BCUT2D eigenvalue weighted by atomic mass is 9.78. The highest BCUT2D eigenvalue weighted by atomic mass is 19.4. The number of carbonyl (C=O) groups is 1. The van der Waals surface area contributed by atoms with Gasteiger partial charge in [0, 0.05) is 44.7 Å². The Balaban J connectivity index is 1.89. The number of ether oxygens (including phenoxy) is 1. The van der Waals surface area contributed by atoms with Gasteiger partial charge >= 0.3 is 6.18 Å². The van der Waals surface area contributed by atoms with E-state index in [1.165, 1.54) is 4.90 Å². The minimum Gasteiger partial charge on any atom is -0.379 e. The molecule has 0 aromatic carbocycles. The van der Waals surface area contributed by atoms with Crippen LogP contribution in [0.25, 0.3) is 0 Å². The van der Waals surface area contributed by atoms with E-state index in [9.17, 15) is 18.0 Å². The molecule has 2 fully saturated rings. The van der Waals surface area contributed by atoms with Crippen molar-refractivity contribution >= 4 is 5.91 Å². The maximum atomic E-state index is 12.4. The highest BCUT2D eigenvalue weighted by Gasteiger charge is 2.41. The average molecular weight is 351 g/mol. The Hall–Kier alpha value is -0.860. The van der Waals surface area contributed by atoms with E-state index in [-0.39, 0.29) is 5.41 Å². The molecule has 2 saturated heterocycles. The van der Waals surface area contributed by atoms with Crippen LogP contribution in [0.3, 0.4) is 0 Å². The molecule has 140 valence electrons. The van der Waals surface area contributed by atoms with Crippen LogP contribution in [0.4, 0.5) is 13.2 Å². The molecule has 0 aliphatic carbocycles. The topological polar surface area (TPSA) is 36.0 Å². The average Bonchev–Trinajstić information content (AvgIpc) is 2.67. The number of alkyl halides is 3. The van der Waals surface area contributed by atoms with Crippen LogP contribution >= 0.6 is 0 Å². The van der Waals surface area contributed by atoms with E-state index in [4.69, 9.17) is 4.74 Å². The molecular formula is C16H28F3N3O2. The predicted molar refractivity (Wildman–Crippen MR) is 84.7 cm³/mol. The van der Waals surface area contributed by atoms with Gasteiger partial charge in [-0.05, 0) is 26.9 Å². The summed E-state index contributed by atoms with van der Waals surface area (Å²) in [5.74, 6) is -0.809. The number of rotatable bonds is 4. The van der Waals surface area contributed by atoms with Gasteiger partial charge in [-0.1, -0.05) is 0 Å². The minimum absolute atomic E-state index is 0.0438. The fourth-order valence-corrected chi connectivity index (χ4v) is 3.43. The fourth-order valence-electron chi connectivity index (χ4n) is 3.43. The predicted octanol–water partition coefficient (Wildman–Crippen LogP) is 1.44. The van der Waals surface area contributed by atoms with Crippen LogP contribution in [0.15, 0.2) is 0 Å². The first-order valence-corrected chi connectivity index (χ1v) is 8.49. The Labute approximate surface area is 141 Å². The molecule has 5 nitrogen and oxygen atoms in total. The Morgan fingerprint density at radius 1 is 1.21 bits per heavy atom. The molecular weight excluding hydrogens is 323 g/mol. The summed E-state index contributed by atoms with van der Waals surface area (Å²) in [6, 6.07) is 0. The zero-order chi connectivity index (χ0) is 17.8. The zero-order valence-corrected chi connectivity index (χ0v) is 14.6.